The van der Waals surface area contributed by atoms with E-state index in [1.54, 1.807) is 0 Å². The van der Waals surface area contributed by atoms with Gasteiger partial charge in [0.2, 0.25) is 0 Å². The van der Waals surface area contributed by atoms with Gasteiger partial charge in [-0.3, -0.25) is 0 Å². The molecule has 0 aliphatic heterocycles. The van der Waals surface area contributed by atoms with Crippen molar-refractivity contribution in [3.63, 3.8) is 0 Å². The summed E-state index contributed by atoms with van der Waals surface area (Å²) in [5, 5.41) is 0. The zero-order valence-corrected chi connectivity index (χ0v) is 5.97. The molecule has 0 saturated heterocycles. The SMILES string of the molecule is C=CC(F)[SiH](C)C. The van der Waals surface area contributed by atoms with Crippen molar-refractivity contribution in [1.82, 2.24) is 0 Å². The molecule has 1 atom stereocenters. The monoisotopic (exact) mass is 118 g/mol. The van der Waals surface area contributed by atoms with Gasteiger partial charge in [-0.2, -0.15) is 0 Å². The first-order valence-electron chi connectivity index (χ1n) is 2.45. The second-order valence-electron chi connectivity index (χ2n) is 1.92. The van der Waals surface area contributed by atoms with E-state index in [1.165, 1.54) is 6.08 Å². The molecule has 0 aliphatic carbocycles. The fourth-order valence-corrected chi connectivity index (χ4v) is 0.816. The standard InChI is InChI=1S/C5H11FSi/c1-4-5(6)7(2)3/h4-5,7H,1H2,2-3H3. The van der Waals surface area contributed by atoms with Crippen LogP contribution >= 0.6 is 0 Å². The summed E-state index contributed by atoms with van der Waals surface area (Å²) in [6.07, 6.45) is 1.39. The lowest BCUT2D eigenvalue weighted by molar-refractivity contribution is 0.502. The van der Waals surface area contributed by atoms with Crippen molar-refractivity contribution >= 4 is 8.80 Å². The lowest BCUT2D eigenvalue weighted by Crippen LogP contribution is -2.15. The first kappa shape index (κ1) is 6.89. The molecule has 7 heavy (non-hydrogen) atoms. The molecule has 0 saturated carbocycles. The van der Waals surface area contributed by atoms with Crippen LogP contribution in [0.25, 0.3) is 0 Å². The van der Waals surface area contributed by atoms with Crippen LogP contribution in [0, 0.1) is 0 Å². The summed E-state index contributed by atoms with van der Waals surface area (Å²) >= 11 is 0. The van der Waals surface area contributed by atoms with Crippen LogP contribution in [0.15, 0.2) is 12.7 Å². The first-order valence-corrected chi connectivity index (χ1v) is 5.42. The van der Waals surface area contributed by atoms with Crippen molar-refractivity contribution in [3.05, 3.63) is 12.7 Å². The number of hydrogen-bond donors (Lipinski definition) is 0. The molecule has 0 aromatic carbocycles. The minimum absolute atomic E-state index is 0.694. The van der Waals surface area contributed by atoms with Gasteiger partial charge in [-0.15, -0.1) is 6.58 Å². The van der Waals surface area contributed by atoms with Crippen LogP contribution in [0.4, 0.5) is 4.39 Å². The van der Waals surface area contributed by atoms with Gasteiger partial charge in [-0.25, -0.2) is 4.39 Å². The predicted octanol–water partition coefficient (Wildman–Crippen LogP) is 1.54. The zero-order valence-electron chi connectivity index (χ0n) is 4.82. The highest BCUT2D eigenvalue weighted by molar-refractivity contribution is 6.57. The van der Waals surface area contributed by atoms with Gasteiger partial charge < -0.3 is 0 Å². The van der Waals surface area contributed by atoms with E-state index < -0.39 is 14.6 Å². The average molecular weight is 118 g/mol. The fraction of sp³-hybridized carbons (Fsp3) is 0.600. The molecule has 1 unspecified atom stereocenters. The lowest BCUT2D eigenvalue weighted by Gasteiger charge is -2.01. The lowest BCUT2D eigenvalue weighted by atomic mass is 10.7. The summed E-state index contributed by atoms with van der Waals surface area (Å²) in [5.41, 5.74) is 0. The molecule has 2 heteroatoms. The number of rotatable bonds is 2. The normalized spacial score (nSPS) is 14.3. The van der Waals surface area contributed by atoms with Gasteiger partial charge in [0.15, 0.2) is 0 Å². The summed E-state index contributed by atoms with van der Waals surface area (Å²) in [5.74, 6) is -0.694. The molecule has 0 heterocycles. The Hall–Kier alpha value is -0.113. The highest BCUT2D eigenvalue weighted by Crippen LogP contribution is 1.96. The van der Waals surface area contributed by atoms with Gasteiger partial charge in [0, 0.05) is 0 Å². The van der Waals surface area contributed by atoms with Gasteiger partial charge in [0.05, 0.1) is 8.80 Å². The average Bonchev–Trinajstić information content (AvgIpc) is 1.65. The Labute approximate surface area is 45.7 Å². The highest BCUT2D eigenvalue weighted by atomic mass is 28.3. The molecule has 0 bridgehead atoms. The molecule has 0 radical (unpaired) electrons. The topological polar surface area (TPSA) is 0 Å². The van der Waals surface area contributed by atoms with E-state index in [4.69, 9.17) is 0 Å². The molecular weight excluding hydrogens is 107 g/mol. The van der Waals surface area contributed by atoms with Gasteiger partial charge >= 0.3 is 0 Å². The largest absolute Gasteiger partial charge is 0.247 e. The Morgan fingerprint density at radius 3 is 2.14 bits per heavy atom. The Morgan fingerprint density at radius 2 is 2.14 bits per heavy atom. The van der Waals surface area contributed by atoms with Crippen molar-refractivity contribution in [1.29, 1.82) is 0 Å². The Bertz CT molecular complexity index is 61.1. The summed E-state index contributed by atoms with van der Waals surface area (Å²) in [7, 11) is -1.05. The second kappa shape index (κ2) is 2.96. The van der Waals surface area contributed by atoms with E-state index in [0.29, 0.717) is 0 Å². The van der Waals surface area contributed by atoms with E-state index in [9.17, 15) is 4.39 Å². The van der Waals surface area contributed by atoms with Crippen LogP contribution in [0.2, 0.25) is 13.1 Å². The summed E-state index contributed by atoms with van der Waals surface area (Å²) in [6.45, 7) is 7.27. The van der Waals surface area contributed by atoms with Crippen LogP contribution in [0.1, 0.15) is 0 Å². The van der Waals surface area contributed by atoms with E-state index in [0.717, 1.165) is 0 Å². The van der Waals surface area contributed by atoms with E-state index in [1.807, 2.05) is 13.1 Å². The first-order chi connectivity index (χ1) is 3.18. The molecule has 0 aromatic rings. The van der Waals surface area contributed by atoms with Crippen LogP contribution in [0.3, 0.4) is 0 Å². The third-order valence-corrected chi connectivity index (χ3v) is 2.41. The maximum Gasteiger partial charge on any atom is 0.103 e. The molecular formula is C5H11FSi. The highest BCUT2D eigenvalue weighted by Gasteiger charge is 2.05. The summed E-state index contributed by atoms with van der Waals surface area (Å²) in [4.78, 5) is 0. The molecule has 0 nitrogen and oxygen atoms in total. The van der Waals surface area contributed by atoms with E-state index in [-0.39, 0.29) is 0 Å². The molecule has 0 rings (SSSR count). The van der Waals surface area contributed by atoms with Gasteiger partial charge in [0.1, 0.15) is 5.79 Å². The van der Waals surface area contributed by atoms with E-state index in [2.05, 4.69) is 6.58 Å². The number of hydrogen-bond acceptors (Lipinski definition) is 0. The molecule has 0 N–H and O–H groups in total. The molecule has 0 fully saturated rings. The van der Waals surface area contributed by atoms with Crippen molar-refractivity contribution in [2.45, 2.75) is 18.9 Å². The van der Waals surface area contributed by atoms with Crippen molar-refractivity contribution in [2.75, 3.05) is 0 Å². The fourth-order valence-electron chi connectivity index (χ4n) is 0.272. The third-order valence-electron chi connectivity index (χ3n) is 0.862. The van der Waals surface area contributed by atoms with Crippen LogP contribution in [0.5, 0.6) is 0 Å². The zero-order chi connectivity index (χ0) is 5.86. The summed E-state index contributed by atoms with van der Waals surface area (Å²) < 4.78 is 12.2. The Kier molecular flexibility index (Phi) is 2.92. The van der Waals surface area contributed by atoms with E-state index >= 15 is 0 Å². The second-order valence-corrected chi connectivity index (χ2v) is 5.05. The smallest absolute Gasteiger partial charge is 0.103 e. The van der Waals surface area contributed by atoms with Crippen LogP contribution in [-0.4, -0.2) is 14.6 Å². The molecule has 0 spiro atoms. The third kappa shape index (κ3) is 2.57. The number of halogens is 1. The minimum Gasteiger partial charge on any atom is -0.247 e. The predicted molar refractivity (Wildman–Crippen MR) is 34.0 cm³/mol. The van der Waals surface area contributed by atoms with Crippen molar-refractivity contribution in [3.8, 4) is 0 Å². The molecule has 42 valence electrons. The Morgan fingerprint density at radius 1 is 1.71 bits per heavy atom. The van der Waals surface area contributed by atoms with Crippen LogP contribution < -0.4 is 0 Å². The molecule has 0 amide bonds. The van der Waals surface area contributed by atoms with Crippen molar-refractivity contribution in [2.24, 2.45) is 0 Å². The summed E-state index contributed by atoms with van der Waals surface area (Å²) in [6, 6.07) is 0. The van der Waals surface area contributed by atoms with Crippen molar-refractivity contribution < 1.29 is 4.39 Å². The Balaban J connectivity index is 3.33. The maximum atomic E-state index is 12.2. The van der Waals surface area contributed by atoms with Gasteiger partial charge in [-0.1, -0.05) is 19.2 Å². The number of alkyl halides is 1. The number of allylic oxidation sites excluding steroid dienone is 1. The molecule has 0 aliphatic rings. The quantitative estimate of drug-likeness (QED) is 0.381. The molecule has 0 aromatic heterocycles. The van der Waals surface area contributed by atoms with Crippen LogP contribution in [-0.2, 0) is 0 Å². The van der Waals surface area contributed by atoms with Gasteiger partial charge in [-0.05, 0) is 0 Å². The maximum absolute atomic E-state index is 12.2. The van der Waals surface area contributed by atoms with Gasteiger partial charge in [0.25, 0.3) is 0 Å². The minimum atomic E-state index is -1.05.